The van der Waals surface area contributed by atoms with Crippen molar-refractivity contribution in [1.29, 1.82) is 5.26 Å². The molecular weight excluding hydrogens is 289 g/mol. The van der Waals surface area contributed by atoms with E-state index in [2.05, 4.69) is 15.3 Å². The maximum atomic E-state index is 13.7. The highest BCUT2D eigenvalue weighted by Gasteiger charge is 2.18. The van der Waals surface area contributed by atoms with Gasteiger partial charge in [-0.2, -0.15) is 10.2 Å². The van der Waals surface area contributed by atoms with Crippen molar-refractivity contribution in [1.82, 2.24) is 9.97 Å². The van der Waals surface area contributed by atoms with E-state index in [9.17, 15) is 14.5 Å². The minimum absolute atomic E-state index is 0.0677. The molecule has 0 unspecified atom stereocenters. The molecule has 100 valence electrons. The van der Waals surface area contributed by atoms with Crippen LogP contribution in [0, 0.1) is 27.3 Å². The summed E-state index contributed by atoms with van der Waals surface area (Å²) in [4.78, 5) is 17.2. The standard InChI is InChI=1S/C11H5ClFN5O2/c12-11-15-5-9(18(19)20)10(17-11)16-8-2-1-6(4-14)3-7(8)13/h1-3,5H,(H,15,16,17). The minimum Gasteiger partial charge on any atom is -0.332 e. The third-order valence-corrected chi connectivity index (χ3v) is 2.47. The first-order chi connectivity index (χ1) is 9.51. The quantitative estimate of drug-likeness (QED) is 0.530. The largest absolute Gasteiger partial charge is 0.332 e. The van der Waals surface area contributed by atoms with Crippen LogP contribution in [0.25, 0.3) is 0 Å². The number of nitrogens with one attached hydrogen (secondary N) is 1. The first-order valence-electron chi connectivity index (χ1n) is 5.15. The zero-order valence-electron chi connectivity index (χ0n) is 9.67. The van der Waals surface area contributed by atoms with Crippen molar-refractivity contribution in [2.75, 3.05) is 5.32 Å². The Balaban J connectivity index is 2.42. The molecule has 0 aliphatic rings. The zero-order valence-corrected chi connectivity index (χ0v) is 10.4. The Hall–Kier alpha value is -2.79. The molecule has 0 spiro atoms. The third-order valence-electron chi connectivity index (χ3n) is 2.29. The molecule has 0 amide bonds. The van der Waals surface area contributed by atoms with E-state index >= 15 is 0 Å². The second-order valence-electron chi connectivity index (χ2n) is 3.56. The lowest BCUT2D eigenvalue weighted by atomic mass is 10.2. The molecule has 2 aromatic rings. The van der Waals surface area contributed by atoms with E-state index < -0.39 is 16.4 Å². The normalized spacial score (nSPS) is 9.85. The molecule has 1 aromatic heterocycles. The molecule has 7 nitrogen and oxygen atoms in total. The lowest BCUT2D eigenvalue weighted by Crippen LogP contribution is -2.02. The number of benzene rings is 1. The Kier molecular flexibility index (Phi) is 3.72. The van der Waals surface area contributed by atoms with E-state index in [1.807, 2.05) is 0 Å². The van der Waals surface area contributed by atoms with Crippen molar-refractivity contribution in [3.63, 3.8) is 0 Å². The molecule has 0 aliphatic heterocycles. The van der Waals surface area contributed by atoms with Crippen LogP contribution in [0.3, 0.4) is 0 Å². The molecule has 0 saturated carbocycles. The smallest absolute Gasteiger partial charge is 0.329 e. The Bertz CT molecular complexity index is 731. The van der Waals surface area contributed by atoms with E-state index in [1.54, 1.807) is 6.07 Å². The third kappa shape index (κ3) is 2.78. The molecular formula is C11H5ClFN5O2. The summed E-state index contributed by atoms with van der Waals surface area (Å²) in [5, 5.41) is 21.7. The number of hydrogen-bond acceptors (Lipinski definition) is 6. The minimum atomic E-state index is -0.743. The van der Waals surface area contributed by atoms with Crippen LogP contribution >= 0.6 is 11.6 Å². The average Bonchev–Trinajstić information content (AvgIpc) is 2.40. The van der Waals surface area contributed by atoms with Gasteiger partial charge < -0.3 is 5.32 Å². The Morgan fingerprint density at radius 3 is 2.85 bits per heavy atom. The fourth-order valence-corrected chi connectivity index (χ4v) is 1.53. The Morgan fingerprint density at radius 1 is 1.50 bits per heavy atom. The van der Waals surface area contributed by atoms with Crippen LogP contribution in [0.15, 0.2) is 24.4 Å². The van der Waals surface area contributed by atoms with Crippen molar-refractivity contribution in [3.05, 3.63) is 51.2 Å². The molecule has 0 bridgehead atoms. The van der Waals surface area contributed by atoms with E-state index in [-0.39, 0.29) is 22.4 Å². The number of nitriles is 1. The average molecular weight is 294 g/mol. The molecule has 0 aliphatic carbocycles. The van der Waals surface area contributed by atoms with Crippen LogP contribution in [-0.4, -0.2) is 14.9 Å². The van der Waals surface area contributed by atoms with E-state index in [0.717, 1.165) is 12.3 Å². The summed E-state index contributed by atoms with van der Waals surface area (Å²) in [6.45, 7) is 0. The Morgan fingerprint density at radius 2 is 2.25 bits per heavy atom. The predicted octanol–water partition coefficient (Wildman–Crippen LogP) is 2.79. The lowest BCUT2D eigenvalue weighted by Gasteiger charge is -2.07. The van der Waals surface area contributed by atoms with Gasteiger partial charge in [0, 0.05) is 0 Å². The number of anilines is 2. The van der Waals surface area contributed by atoms with Crippen molar-refractivity contribution in [2.24, 2.45) is 0 Å². The summed E-state index contributed by atoms with van der Waals surface area (Å²) >= 11 is 5.55. The summed E-state index contributed by atoms with van der Waals surface area (Å²) in [6, 6.07) is 5.40. The summed E-state index contributed by atoms with van der Waals surface area (Å²) in [5.41, 5.74) is -0.386. The van der Waals surface area contributed by atoms with Gasteiger partial charge in [0.05, 0.1) is 22.2 Å². The van der Waals surface area contributed by atoms with Gasteiger partial charge in [-0.15, -0.1) is 0 Å². The number of rotatable bonds is 3. The SMILES string of the molecule is N#Cc1ccc(Nc2nc(Cl)ncc2[N+](=O)[O-])c(F)c1. The van der Waals surface area contributed by atoms with E-state index in [1.165, 1.54) is 12.1 Å². The predicted molar refractivity (Wildman–Crippen MR) is 68.1 cm³/mol. The Labute approximate surface area is 116 Å². The lowest BCUT2D eigenvalue weighted by molar-refractivity contribution is -0.384. The molecule has 2 rings (SSSR count). The molecule has 0 saturated heterocycles. The van der Waals surface area contributed by atoms with Crippen LogP contribution < -0.4 is 5.32 Å². The monoisotopic (exact) mass is 293 g/mol. The number of nitrogens with zero attached hydrogens (tertiary/aromatic N) is 4. The van der Waals surface area contributed by atoms with Crippen LogP contribution in [0.4, 0.5) is 21.6 Å². The molecule has 1 heterocycles. The summed E-state index contributed by atoms with van der Waals surface area (Å²) in [5.74, 6) is -0.980. The summed E-state index contributed by atoms with van der Waals surface area (Å²) < 4.78 is 13.7. The van der Waals surface area contributed by atoms with Crippen molar-refractivity contribution in [2.45, 2.75) is 0 Å². The molecule has 0 fully saturated rings. The van der Waals surface area contributed by atoms with Gasteiger partial charge in [-0.1, -0.05) is 0 Å². The first-order valence-corrected chi connectivity index (χ1v) is 5.52. The maximum Gasteiger partial charge on any atom is 0.329 e. The highest BCUT2D eigenvalue weighted by Crippen LogP contribution is 2.27. The van der Waals surface area contributed by atoms with Crippen molar-refractivity contribution in [3.8, 4) is 6.07 Å². The molecule has 0 atom stereocenters. The molecule has 1 aromatic carbocycles. The van der Waals surface area contributed by atoms with Crippen LogP contribution in [-0.2, 0) is 0 Å². The van der Waals surface area contributed by atoms with Crippen LogP contribution in [0.1, 0.15) is 5.56 Å². The van der Waals surface area contributed by atoms with Gasteiger partial charge in [-0.25, -0.2) is 9.37 Å². The molecule has 9 heteroatoms. The van der Waals surface area contributed by atoms with Gasteiger partial charge in [0.2, 0.25) is 11.1 Å². The second-order valence-corrected chi connectivity index (χ2v) is 3.90. The number of halogens is 2. The summed E-state index contributed by atoms with van der Waals surface area (Å²) in [6.07, 6.45) is 0.916. The fraction of sp³-hybridized carbons (Fsp3) is 0. The first kappa shape index (κ1) is 13.6. The number of nitro groups is 1. The summed E-state index contributed by atoms with van der Waals surface area (Å²) in [7, 11) is 0. The number of aromatic nitrogens is 2. The highest BCUT2D eigenvalue weighted by molar-refractivity contribution is 6.28. The van der Waals surface area contributed by atoms with Crippen molar-refractivity contribution >= 4 is 28.8 Å². The van der Waals surface area contributed by atoms with Crippen LogP contribution in [0.2, 0.25) is 5.28 Å². The molecule has 0 radical (unpaired) electrons. The van der Waals surface area contributed by atoms with Gasteiger partial charge in [0.25, 0.3) is 0 Å². The van der Waals surface area contributed by atoms with Gasteiger partial charge in [0.1, 0.15) is 12.0 Å². The van der Waals surface area contributed by atoms with E-state index in [0.29, 0.717) is 0 Å². The number of hydrogen-bond donors (Lipinski definition) is 1. The molecule has 20 heavy (non-hydrogen) atoms. The second kappa shape index (κ2) is 5.46. The fourth-order valence-electron chi connectivity index (χ4n) is 1.39. The van der Waals surface area contributed by atoms with Crippen LogP contribution in [0.5, 0.6) is 0 Å². The maximum absolute atomic E-state index is 13.7. The van der Waals surface area contributed by atoms with Gasteiger partial charge in [0.15, 0.2) is 0 Å². The highest BCUT2D eigenvalue weighted by atomic mass is 35.5. The van der Waals surface area contributed by atoms with Crippen molar-refractivity contribution < 1.29 is 9.31 Å². The molecule has 1 N–H and O–H groups in total. The van der Waals surface area contributed by atoms with E-state index in [4.69, 9.17) is 16.9 Å². The van der Waals surface area contributed by atoms with Gasteiger partial charge >= 0.3 is 5.69 Å². The zero-order chi connectivity index (χ0) is 14.7. The van der Waals surface area contributed by atoms with Gasteiger partial charge in [-0.05, 0) is 29.8 Å². The topological polar surface area (TPSA) is 105 Å². The van der Waals surface area contributed by atoms with Gasteiger partial charge in [-0.3, -0.25) is 10.1 Å².